The van der Waals surface area contributed by atoms with Crippen LogP contribution in [0.15, 0.2) is 0 Å². The molecule has 16 heavy (non-hydrogen) atoms. The number of hydrogen-bond donors (Lipinski definition) is 0. The monoisotopic (exact) mass is 251 g/mol. The Balaban J connectivity index is 4.58. The molecule has 0 rings (SSSR count). The summed E-state index contributed by atoms with van der Waals surface area (Å²) in [5.41, 5.74) is 0. The third-order valence-corrected chi connectivity index (χ3v) is 3.59. The van der Waals surface area contributed by atoms with E-state index in [1.165, 1.54) is 0 Å². The van der Waals surface area contributed by atoms with Gasteiger partial charge in [0.25, 0.3) is 0 Å². The summed E-state index contributed by atoms with van der Waals surface area (Å²) in [6.07, 6.45) is 3.08. The molecule has 0 N–H and O–H groups in total. The lowest BCUT2D eigenvalue weighted by atomic mass is 10.2. The Bertz CT molecular complexity index is 258. The van der Waals surface area contributed by atoms with Crippen LogP contribution >= 0.6 is 0 Å². The second-order valence-electron chi connectivity index (χ2n) is 4.50. The Morgan fingerprint density at radius 2 is 1.25 bits per heavy atom. The van der Waals surface area contributed by atoms with Gasteiger partial charge < -0.3 is 9.04 Å². The number of nitrogens with zero attached hydrogens (tertiary/aromatic N) is 1. The average Bonchev–Trinajstić information content (AvgIpc) is 2.15. The van der Waals surface area contributed by atoms with Gasteiger partial charge in [-0.2, -0.15) is 0 Å². The van der Waals surface area contributed by atoms with E-state index in [0.717, 1.165) is 43.4 Å². The molecule has 4 nitrogen and oxygen atoms in total. The molecular formula is C11H25NO3S. The molecule has 0 saturated carbocycles. The van der Waals surface area contributed by atoms with E-state index in [9.17, 15) is 13.0 Å². The van der Waals surface area contributed by atoms with Crippen molar-refractivity contribution >= 4 is 10.1 Å². The Labute approximate surface area is 100.0 Å². The molecule has 0 saturated heterocycles. The van der Waals surface area contributed by atoms with E-state index in [1.807, 2.05) is 0 Å². The summed E-state index contributed by atoms with van der Waals surface area (Å²) >= 11 is 0. The fraction of sp³-hybridized carbons (Fsp3) is 1.00. The van der Waals surface area contributed by atoms with Crippen LogP contribution in [-0.2, 0) is 10.1 Å². The van der Waals surface area contributed by atoms with Gasteiger partial charge in [0, 0.05) is 0 Å². The van der Waals surface area contributed by atoms with Crippen molar-refractivity contribution in [3.63, 3.8) is 0 Å². The van der Waals surface area contributed by atoms with Crippen molar-refractivity contribution in [2.75, 3.05) is 31.9 Å². The maximum Gasteiger partial charge on any atom is 0.100 e. The van der Waals surface area contributed by atoms with E-state index >= 15 is 0 Å². The topological polar surface area (TPSA) is 57.2 Å². The standard InChI is InChI=1S/C11H25NO3S/c1-4-7-12(8-5-2,9-6-3)10-11-16(13,14)15/h4-11H2,1-3H3. The Hall–Kier alpha value is -0.130. The normalized spacial score (nSPS) is 13.0. The first kappa shape index (κ1) is 15.9. The fourth-order valence-electron chi connectivity index (χ4n) is 2.40. The number of rotatable bonds is 9. The second kappa shape index (κ2) is 7.25. The summed E-state index contributed by atoms with van der Waals surface area (Å²) in [4.78, 5) is 0. The highest BCUT2D eigenvalue weighted by Crippen LogP contribution is 2.12. The molecule has 0 aromatic carbocycles. The molecule has 0 amide bonds. The largest absolute Gasteiger partial charge is 0.748 e. The van der Waals surface area contributed by atoms with E-state index in [4.69, 9.17) is 0 Å². The van der Waals surface area contributed by atoms with Crippen LogP contribution in [0.1, 0.15) is 40.0 Å². The van der Waals surface area contributed by atoms with E-state index in [2.05, 4.69) is 20.8 Å². The highest BCUT2D eigenvalue weighted by molar-refractivity contribution is 7.85. The summed E-state index contributed by atoms with van der Waals surface area (Å²) in [5.74, 6) is -0.229. The summed E-state index contributed by atoms with van der Waals surface area (Å²) in [5, 5.41) is 0. The van der Waals surface area contributed by atoms with Crippen molar-refractivity contribution in [1.82, 2.24) is 0 Å². The lowest BCUT2D eigenvalue weighted by Gasteiger charge is -2.38. The minimum absolute atomic E-state index is 0.229. The van der Waals surface area contributed by atoms with Crippen molar-refractivity contribution in [1.29, 1.82) is 0 Å². The zero-order valence-electron chi connectivity index (χ0n) is 10.7. The second-order valence-corrected chi connectivity index (χ2v) is 6.02. The first-order valence-corrected chi connectivity index (χ1v) is 7.75. The van der Waals surface area contributed by atoms with E-state index < -0.39 is 10.1 Å². The minimum atomic E-state index is -4.08. The van der Waals surface area contributed by atoms with Gasteiger partial charge in [0.1, 0.15) is 10.1 Å². The van der Waals surface area contributed by atoms with Crippen molar-refractivity contribution in [3.8, 4) is 0 Å². The van der Waals surface area contributed by atoms with Crippen LogP contribution in [0.3, 0.4) is 0 Å². The van der Waals surface area contributed by atoms with Crippen molar-refractivity contribution in [3.05, 3.63) is 0 Å². The van der Waals surface area contributed by atoms with Gasteiger partial charge in [-0.15, -0.1) is 0 Å². The zero-order valence-corrected chi connectivity index (χ0v) is 11.6. The molecule has 0 spiro atoms. The molecule has 0 radical (unpaired) electrons. The van der Waals surface area contributed by atoms with E-state index in [-0.39, 0.29) is 5.75 Å². The van der Waals surface area contributed by atoms with Gasteiger partial charge in [-0.05, 0) is 19.3 Å². The quantitative estimate of drug-likeness (QED) is 0.462. The third-order valence-electron chi connectivity index (χ3n) is 2.91. The Morgan fingerprint density at radius 1 is 0.875 bits per heavy atom. The molecule has 0 atom stereocenters. The van der Waals surface area contributed by atoms with Gasteiger partial charge >= 0.3 is 0 Å². The summed E-state index contributed by atoms with van der Waals surface area (Å²) in [6, 6.07) is 0. The fourth-order valence-corrected chi connectivity index (χ4v) is 3.01. The van der Waals surface area contributed by atoms with Crippen LogP contribution in [0.4, 0.5) is 0 Å². The summed E-state index contributed by atoms with van der Waals surface area (Å²) < 4.78 is 33.0. The van der Waals surface area contributed by atoms with Crippen LogP contribution in [-0.4, -0.2) is 49.4 Å². The molecule has 5 heteroatoms. The molecule has 0 fully saturated rings. The maximum absolute atomic E-state index is 10.7. The van der Waals surface area contributed by atoms with Gasteiger partial charge in [0.15, 0.2) is 0 Å². The molecule has 0 bridgehead atoms. The first-order valence-electron chi connectivity index (χ1n) is 6.17. The highest BCUT2D eigenvalue weighted by Gasteiger charge is 2.24. The molecule has 0 heterocycles. The van der Waals surface area contributed by atoms with Crippen LogP contribution in [0.25, 0.3) is 0 Å². The molecule has 0 aliphatic rings. The predicted molar refractivity (Wildman–Crippen MR) is 65.2 cm³/mol. The molecule has 0 aliphatic carbocycles. The molecular weight excluding hydrogens is 226 g/mol. The average molecular weight is 251 g/mol. The van der Waals surface area contributed by atoms with Gasteiger partial charge in [0.2, 0.25) is 0 Å². The molecule has 98 valence electrons. The van der Waals surface area contributed by atoms with Crippen molar-refractivity contribution in [2.45, 2.75) is 40.0 Å². The predicted octanol–water partition coefficient (Wildman–Crippen LogP) is 1.58. The molecule has 0 aromatic rings. The van der Waals surface area contributed by atoms with E-state index in [0.29, 0.717) is 6.54 Å². The molecule has 0 unspecified atom stereocenters. The number of hydrogen-bond acceptors (Lipinski definition) is 3. The first-order chi connectivity index (χ1) is 7.39. The Kier molecular flexibility index (Phi) is 7.19. The van der Waals surface area contributed by atoms with Crippen LogP contribution in [0.5, 0.6) is 0 Å². The summed E-state index contributed by atoms with van der Waals surface area (Å²) in [7, 11) is -4.08. The van der Waals surface area contributed by atoms with E-state index in [1.54, 1.807) is 0 Å². The Morgan fingerprint density at radius 3 is 1.50 bits per heavy atom. The van der Waals surface area contributed by atoms with Crippen molar-refractivity contribution in [2.24, 2.45) is 0 Å². The molecule has 0 aromatic heterocycles. The molecule has 0 aliphatic heterocycles. The van der Waals surface area contributed by atoms with Gasteiger partial charge in [-0.3, -0.25) is 0 Å². The lowest BCUT2D eigenvalue weighted by molar-refractivity contribution is -0.926. The van der Waals surface area contributed by atoms with Crippen molar-refractivity contribution < 1.29 is 17.5 Å². The SMILES string of the molecule is CCC[N+](CCC)(CCC)CCS(=O)(=O)[O-]. The van der Waals surface area contributed by atoms with Gasteiger partial charge in [0.05, 0.1) is 31.9 Å². The smallest absolute Gasteiger partial charge is 0.100 e. The maximum atomic E-state index is 10.7. The van der Waals surface area contributed by atoms with Crippen LogP contribution < -0.4 is 0 Å². The minimum Gasteiger partial charge on any atom is -0.748 e. The van der Waals surface area contributed by atoms with Gasteiger partial charge in [-0.1, -0.05) is 20.8 Å². The zero-order chi connectivity index (χ0) is 12.7. The lowest BCUT2D eigenvalue weighted by Crippen LogP contribution is -2.52. The van der Waals surface area contributed by atoms with Crippen LogP contribution in [0, 0.1) is 0 Å². The summed E-state index contributed by atoms with van der Waals surface area (Å²) in [6.45, 7) is 9.69. The van der Waals surface area contributed by atoms with Crippen LogP contribution in [0.2, 0.25) is 0 Å². The van der Waals surface area contributed by atoms with Gasteiger partial charge in [-0.25, -0.2) is 8.42 Å². The number of quaternary nitrogens is 1. The highest BCUT2D eigenvalue weighted by atomic mass is 32.2. The third kappa shape index (κ3) is 6.45.